The Labute approximate surface area is 134 Å². The number of nitrogens with zero attached hydrogens (tertiary/aromatic N) is 2. The minimum atomic E-state index is -1.14. The fraction of sp³-hybridized carbons (Fsp3) is 0.412. The van der Waals surface area contributed by atoms with Gasteiger partial charge in [0.05, 0.1) is 18.2 Å². The van der Waals surface area contributed by atoms with Crippen LogP contribution in [-0.4, -0.2) is 40.1 Å². The third-order valence-electron chi connectivity index (χ3n) is 4.24. The smallest absolute Gasteiger partial charge is 0.141 e. The fourth-order valence-corrected chi connectivity index (χ4v) is 2.92. The second-order valence-electron chi connectivity index (χ2n) is 5.87. The Kier molecular flexibility index (Phi) is 4.55. The number of nitrogens with two attached hydrogens (primary N) is 1. The highest BCUT2D eigenvalue weighted by Crippen LogP contribution is 2.29. The van der Waals surface area contributed by atoms with E-state index in [0.29, 0.717) is 24.1 Å². The van der Waals surface area contributed by atoms with Crippen molar-refractivity contribution in [2.45, 2.75) is 37.2 Å². The molecule has 4 unspecified atom stereocenters. The highest BCUT2D eigenvalue weighted by atomic mass is 16.5. The number of nitriles is 1. The van der Waals surface area contributed by atoms with Gasteiger partial charge in [0.1, 0.15) is 24.0 Å². The maximum atomic E-state index is 10.6. The van der Waals surface area contributed by atoms with Gasteiger partial charge < -0.3 is 20.7 Å². The Morgan fingerprint density at radius 1 is 1.26 bits per heavy atom. The minimum absolute atomic E-state index is 0.0204. The van der Waals surface area contributed by atoms with Crippen LogP contribution >= 0.6 is 0 Å². The minimum Gasteiger partial charge on any atom is -0.387 e. The summed E-state index contributed by atoms with van der Waals surface area (Å²) in [5.74, 6) is 0. The van der Waals surface area contributed by atoms with Crippen molar-refractivity contribution < 1.29 is 14.9 Å². The zero-order chi connectivity index (χ0) is 16.4. The van der Waals surface area contributed by atoms with E-state index in [1.54, 1.807) is 24.3 Å². The Hall–Kier alpha value is -2.04. The Bertz CT molecular complexity index is 735. The number of aliphatic hydroxyl groups excluding tert-OH is 2. The average molecular weight is 313 g/mol. The first-order chi connectivity index (χ1) is 11.1. The van der Waals surface area contributed by atoms with Gasteiger partial charge in [-0.1, -0.05) is 18.2 Å². The second kappa shape index (κ2) is 6.60. The number of para-hydroxylation sites is 1. The maximum absolute atomic E-state index is 10.6. The quantitative estimate of drug-likeness (QED) is 0.779. The third-order valence-corrected chi connectivity index (χ3v) is 4.24. The molecule has 6 nitrogen and oxygen atoms in total. The van der Waals surface area contributed by atoms with E-state index in [1.165, 1.54) is 0 Å². The highest BCUT2D eigenvalue weighted by Gasteiger charge is 2.32. The summed E-state index contributed by atoms with van der Waals surface area (Å²) in [5, 5.41) is 30.9. The molecule has 2 heterocycles. The van der Waals surface area contributed by atoms with Crippen LogP contribution in [0.1, 0.15) is 30.2 Å². The first-order valence-corrected chi connectivity index (χ1v) is 7.63. The van der Waals surface area contributed by atoms with Crippen LogP contribution in [0.25, 0.3) is 10.9 Å². The van der Waals surface area contributed by atoms with E-state index in [4.69, 9.17) is 15.7 Å². The first-order valence-electron chi connectivity index (χ1n) is 7.63. The van der Waals surface area contributed by atoms with Crippen molar-refractivity contribution in [1.29, 1.82) is 5.26 Å². The molecule has 1 aromatic heterocycles. The lowest BCUT2D eigenvalue weighted by atomic mass is 9.93. The summed E-state index contributed by atoms with van der Waals surface area (Å²) in [6.07, 6.45) is -1.32. The van der Waals surface area contributed by atoms with Gasteiger partial charge in [-0.3, -0.25) is 0 Å². The van der Waals surface area contributed by atoms with Crippen molar-refractivity contribution in [3.05, 3.63) is 41.6 Å². The van der Waals surface area contributed by atoms with Gasteiger partial charge in [0, 0.05) is 17.0 Å². The van der Waals surface area contributed by atoms with Gasteiger partial charge in [-0.25, -0.2) is 4.98 Å². The zero-order valence-corrected chi connectivity index (χ0v) is 12.6. The molecule has 1 saturated heterocycles. The Morgan fingerprint density at radius 3 is 2.78 bits per heavy atom. The number of pyridine rings is 1. The number of ether oxygens (including phenoxy) is 1. The Balaban J connectivity index is 1.91. The number of aliphatic hydroxyl groups is 2. The lowest BCUT2D eigenvalue weighted by molar-refractivity contribution is -0.111. The normalized spacial score (nSPS) is 24.1. The van der Waals surface area contributed by atoms with E-state index in [9.17, 15) is 10.2 Å². The molecule has 120 valence electrons. The van der Waals surface area contributed by atoms with E-state index >= 15 is 0 Å². The third kappa shape index (κ3) is 3.19. The molecule has 3 rings (SSSR count). The van der Waals surface area contributed by atoms with Crippen LogP contribution in [0.5, 0.6) is 0 Å². The molecular weight excluding hydrogens is 294 g/mol. The van der Waals surface area contributed by atoms with E-state index in [2.05, 4.69) is 4.98 Å². The molecule has 1 aliphatic heterocycles. The number of benzene rings is 1. The summed E-state index contributed by atoms with van der Waals surface area (Å²) in [5.41, 5.74) is 7.06. The predicted molar refractivity (Wildman–Crippen MR) is 84.4 cm³/mol. The molecule has 6 heteroatoms. The molecule has 0 spiro atoms. The molecule has 1 aliphatic rings. The van der Waals surface area contributed by atoms with Gasteiger partial charge in [0.15, 0.2) is 0 Å². The lowest BCUT2D eigenvalue weighted by Crippen LogP contribution is -2.43. The monoisotopic (exact) mass is 313 g/mol. The predicted octanol–water partition coefficient (Wildman–Crippen LogP) is 1.01. The molecule has 0 aliphatic carbocycles. The standard InChI is InChI=1S/C17H19N3O3/c18-8-12-6-4-10-2-1-3-13(15(10)20-12)16(21)17(22)14-7-5-11(19)9-23-14/h1-4,6,11,14,16-17,21-22H,5,7,9,19H2. The summed E-state index contributed by atoms with van der Waals surface area (Å²) < 4.78 is 5.54. The van der Waals surface area contributed by atoms with Crippen LogP contribution in [0, 0.1) is 11.3 Å². The average Bonchev–Trinajstić information content (AvgIpc) is 2.60. The fourth-order valence-electron chi connectivity index (χ4n) is 2.92. The zero-order valence-electron chi connectivity index (χ0n) is 12.6. The molecule has 2 aromatic rings. The van der Waals surface area contributed by atoms with Crippen LogP contribution in [0.2, 0.25) is 0 Å². The van der Waals surface area contributed by atoms with Crippen molar-refractivity contribution in [2.75, 3.05) is 6.61 Å². The second-order valence-corrected chi connectivity index (χ2v) is 5.87. The summed E-state index contributed by atoms with van der Waals surface area (Å²) in [6.45, 7) is 0.376. The molecule has 4 atom stereocenters. The molecule has 23 heavy (non-hydrogen) atoms. The SMILES string of the molecule is N#Cc1ccc2cccc(C(O)C(O)C3CCC(N)CO3)c2n1. The molecule has 1 fully saturated rings. The Morgan fingerprint density at radius 2 is 2.09 bits per heavy atom. The van der Waals surface area contributed by atoms with Gasteiger partial charge in [0.25, 0.3) is 0 Å². The largest absolute Gasteiger partial charge is 0.387 e. The van der Waals surface area contributed by atoms with Crippen LogP contribution in [0.3, 0.4) is 0 Å². The molecular formula is C17H19N3O3. The van der Waals surface area contributed by atoms with Gasteiger partial charge in [-0.2, -0.15) is 5.26 Å². The number of hydrogen-bond donors (Lipinski definition) is 3. The van der Waals surface area contributed by atoms with E-state index in [1.807, 2.05) is 12.1 Å². The van der Waals surface area contributed by atoms with Crippen molar-refractivity contribution in [3.8, 4) is 6.07 Å². The number of fused-ring (bicyclic) bond motifs is 1. The van der Waals surface area contributed by atoms with Gasteiger partial charge in [-0.05, 0) is 25.0 Å². The topological polar surface area (TPSA) is 112 Å². The van der Waals surface area contributed by atoms with Crippen LogP contribution in [0.4, 0.5) is 0 Å². The molecule has 4 N–H and O–H groups in total. The van der Waals surface area contributed by atoms with Crippen LogP contribution in [-0.2, 0) is 4.74 Å². The van der Waals surface area contributed by atoms with Crippen molar-refractivity contribution >= 4 is 10.9 Å². The molecule has 0 amide bonds. The van der Waals surface area contributed by atoms with Crippen LogP contribution in [0.15, 0.2) is 30.3 Å². The molecule has 0 bridgehead atoms. The van der Waals surface area contributed by atoms with E-state index in [-0.39, 0.29) is 11.7 Å². The van der Waals surface area contributed by atoms with Crippen molar-refractivity contribution in [2.24, 2.45) is 5.73 Å². The number of aromatic nitrogens is 1. The maximum Gasteiger partial charge on any atom is 0.141 e. The molecule has 1 aromatic carbocycles. The van der Waals surface area contributed by atoms with E-state index in [0.717, 1.165) is 11.8 Å². The lowest BCUT2D eigenvalue weighted by Gasteiger charge is -2.32. The summed E-state index contributed by atoms with van der Waals surface area (Å²) in [7, 11) is 0. The van der Waals surface area contributed by atoms with Gasteiger partial charge in [-0.15, -0.1) is 0 Å². The van der Waals surface area contributed by atoms with Gasteiger partial charge in [0.2, 0.25) is 0 Å². The van der Waals surface area contributed by atoms with E-state index < -0.39 is 18.3 Å². The highest BCUT2D eigenvalue weighted by molar-refractivity contribution is 5.82. The molecule has 0 radical (unpaired) electrons. The van der Waals surface area contributed by atoms with Crippen LogP contribution < -0.4 is 5.73 Å². The summed E-state index contributed by atoms with van der Waals surface area (Å²) in [4.78, 5) is 4.26. The van der Waals surface area contributed by atoms with Gasteiger partial charge >= 0.3 is 0 Å². The van der Waals surface area contributed by atoms with Crippen molar-refractivity contribution in [1.82, 2.24) is 4.98 Å². The summed E-state index contributed by atoms with van der Waals surface area (Å²) in [6, 6.07) is 10.7. The number of rotatable bonds is 3. The first kappa shape index (κ1) is 15.8. The number of hydrogen-bond acceptors (Lipinski definition) is 6. The van der Waals surface area contributed by atoms with Crippen molar-refractivity contribution in [3.63, 3.8) is 0 Å². The summed E-state index contributed by atoms with van der Waals surface area (Å²) >= 11 is 0. The molecule has 0 saturated carbocycles.